The van der Waals surface area contributed by atoms with Crippen molar-refractivity contribution in [2.75, 3.05) is 45.3 Å². The molecule has 2 aliphatic rings. The number of methoxy groups -OCH3 is 1. The Morgan fingerprint density at radius 3 is 2.71 bits per heavy atom. The Bertz CT molecular complexity index is 1250. The quantitative estimate of drug-likeness (QED) is 0.571. The van der Waals surface area contributed by atoms with Crippen molar-refractivity contribution < 1.29 is 14.3 Å². The third-order valence-corrected chi connectivity index (χ3v) is 6.51. The number of hydrogen-bond acceptors (Lipinski definition) is 6. The molecule has 8 heteroatoms. The van der Waals surface area contributed by atoms with E-state index in [2.05, 4.69) is 43.5 Å². The highest BCUT2D eigenvalue weighted by Gasteiger charge is 2.43. The molecule has 3 heterocycles. The minimum atomic E-state index is -0.210. The summed E-state index contributed by atoms with van der Waals surface area (Å²) in [4.78, 5) is 24.6. The first-order chi connectivity index (χ1) is 16.6. The average Bonchev–Trinajstić information content (AvgIpc) is 3.50. The fraction of sp³-hybridized carbons (Fsp3) is 0.423. The van der Waals surface area contributed by atoms with Gasteiger partial charge in [-0.15, -0.1) is 0 Å². The van der Waals surface area contributed by atoms with Crippen LogP contribution in [0.15, 0.2) is 36.8 Å². The highest BCUT2D eigenvalue weighted by atomic mass is 16.5. The van der Waals surface area contributed by atoms with Crippen molar-refractivity contribution in [3.63, 3.8) is 0 Å². The van der Waals surface area contributed by atoms with Gasteiger partial charge < -0.3 is 19.4 Å². The van der Waals surface area contributed by atoms with Crippen LogP contribution in [-0.2, 0) is 21.6 Å². The number of nitrogens with zero attached hydrogens (tertiary/aromatic N) is 4. The number of carbonyl (C=O) groups excluding carboxylic acids is 1. The summed E-state index contributed by atoms with van der Waals surface area (Å²) in [6.07, 6.45) is 5.31. The second-order valence-corrected chi connectivity index (χ2v) is 9.09. The lowest BCUT2D eigenvalue weighted by Crippen LogP contribution is -2.36. The minimum Gasteiger partial charge on any atom is -0.380 e. The third-order valence-electron chi connectivity index (χ3n) is 6.51. The number of rotatable bonds is 6. The van der Waals surface area contributed by atoms with Gasteiger partial charge in [-0.1, -0.05) is 18.1 Å². The SMILES string of the molecule is COCc1ccc(NC(=O)c2c(C#CCN3CCOCC3)n(C3(C)CC3)c3ncncc23)cc1. The van der Waals surface area contributed by atoms with E-state index >= 15 is 0 Å². The van der Waals surface area contributed by atoms with Crippen LogP contribution in [0.3, 0.4) is 0 Å². The minimum absolute atomic E-state index is 0.0874. The van der Waals surface area contributed by atoms with Crippen LogP contribution in [0.25, 0.3) is 11.0 Å². The van der Waals surface area contributed by atoms with Crippen LogP contribution in [0.5, 0.6) is 0 Å². The zero-order valence-electron chi connectivity index (χ0n) is 19.6. The maximum absolute atomic E-state index is 13.6. The molecule has 1 saturated heterocycles. The molecule has 5 rings (SSSR count). The van der Waals surface area contributed by atoms with Crippen molar-refractivity contribution in [1.82, 2.24) is 19.4 Å². The molecule has 3 aromatic rings. The number of nitrogens with one attached hydrogen (secondary N) is 1. The van der Waals surface area contributed by atoms with E-state index in [1.807, 2.05) is 24.3 Å². The zero-order valence-corrected chi connectivity index (χ0v) is 19.6. The van der Waals surface area contributed by atoms with Gasteiger partial charge in [0.05, 0.1) is 37.3 Å². The number of ether oxygens (including phenoxy) is 2. The fourth-order valence-electron chi connectivity index (χ4n) is 4.34. The van der Waals surface area contributed by atoms with Gasteiger partial charge in [0.2, 0.25) is 0 Å². The molecule has 0 radical (unpaired) electrons. The topological polar surface area (TPSA) is 81.5 Å². The van der Waals surface area contributed by atoms with E-state index in [4.69, 9.17) is 9.47 Å². The van der Waals surface area contributed by atoms with Gasteiger partial charge in [0.1, 0.15) is 17.7 Å². The Morgan fingerprint density at radius 1 is 1.24 bits per heavy atom. The molecule has 0 unspecified atom stereocenters. The second-order valence-electron chi connectivity index (χ2n) is 9.09. The number of aromatic nitrogens is 3. The van der Waals surface area contributed by atoms with E-state index in [9.17, 15) is 4.79 Å². The summed E-state index contributed by atoms with van der Waals surface area (Å²) in [6, 6.07) is 7.65. The van der Waals surface area contributed by atoms with Crippen LogP contribution in [0, 0.1) is 11.8 Å². The van der Waals surface area contributed by atoms with Crippen molar-refractivity contribution in [3.8, 4) is 11.8 Å². The number of carbonyl (C=O) groups is 1. The molecule has 0 bridgehead atoms. The van der Waals surface area contributed by atoms with Gasteiger partial charge in [-0.05, 0) is 43.4 Å². The molecule has 1 aromatic carbocycles. The zero-order chi connectivity index (χ0) is 23.5. The summed E-state index contributed by atoms with van der Waals surface area (Å²) in [5, 5.41) is 3.76. The Balaban J connectivity index is 1.52. The van der Waals surface area contributed by atoms with Crippen molar-refractivity contribution in [2.24, 2.45) is 0 Å². The van der Waals surface area contributed by atoms with Gasteiger partial charge in [-0.3, -0.25) is 9.69 Å². The Labute approximate surface area is 199 Å². The van der Waals surface area contributed by atoms with E-state index in [1.165, 1.54) is 6.33 Å². The van der Waals surface area contributed by atoms with E-state index in [0.29, 0.717) is 30.1 Å². The molecule has 0 spiro atoms. The lowest BCUT2D eigenvalue weighted by atomic mass is 10.1. The molecule has 2 fully saturated rings. The highest BCUT2D eigenvalue weighted by Crippen LogP contribution is 2.46. The van der Waals surface area contributed by atoms with Gasteiger partial charge >= 0.3 is 0 Å². The molecule has 1 aliphatic heterocycles. The summed E-state index contributed by atoms with van der Waals surface area (Å²) in [6.45, 7) is 6.55. The fourth-order valence-corrected chi connectivity index (χ4v) is 4.34. The maximum Gasteiger partial charge on any atom is 0.259 e. The summed E-state index contributed by atoms with van der Waals surface area (Å²) in [7, 11) is 1.66. The first-order valence-electron chi connectivity index (χ1n) is 11.6. The van der Waals surface area contributed by atoms with Crippen LogP contribution >= 0.6 is 0 Å². The van der Waals surface area contributed by atoms with Crippen LogP contribution in [0.2, 0.25) is 0 Å². The van der Waals surface area contributed by atoms with E-state index in [0.717, 1.165) is 55.7 Å². The van der Waals surface area contributed by atoms with Gasteiger partial charge in [0.25, 0.3) is 5.91 Å². The molecular weight excluding hydrogens is 430 g/mol. The monoisotopic (exact) mass is 459 g/mol. The second kappa shape index (κ2) is 9.55. The molecular formula is C26H29N5O3. The molecule has 176 valence electrons. The number of anilines is 1. The van der Waals surface area contributed by atoms with Crippen LogP contribution in [0.4, 0.5) is 5.69 Å². The van der Waals surface area contributed by atoms with Gasteiger partial charge in [0, 0.05) is 37.6 Å². The van der Waals surface area contributed by atoms with Crippen molar-refractivity contribution in [2.45, 2.75) is 31.9 Å². The van der Waals surface area contributed by atoms with Crippen LogP contribution < -0.4 is 5.32 Å². The predicted molar refractivity (Wildman–Crippen MR) is 130 cm³/mol. The number of morpholine rings is 1. The predicted octanol–water partition coefficient (Wildman–Crippen LogP) is 3.02. The molecule has 0 atom stereocenters. The number of hydrogen-bond donors (Lipinski definition) is 1. The van der Waals surface area contributed by atoms with Gasteiger partial charge in [-0.2, -0.15) is 0 Å². The van der Waals surface area contributed by atoms with E-state index < -0.39 is 0 Å². The van der Waals surface area contributed by atoms with Crippen LogP contribution in [-0.4, -0.2) is 65.3 Å². The molecule has 1 amide bonds. The largest absolute Gasteiger partial charge is 0.380 e. The Hall–Kier alpha value is -3.25. The summed E-state index contributed by atoms with van der Waals surface area (Å²) in [5.74, 6) is 6.44. The van der Waals surface area contributed by atoms with Crippen LogP contribution in [0.1, 0.15) is 41.4 Å². The van der Waals surface area contributed by atoms with Crippen molar-refractivity contribution in [3.05, 3.63) is 53.6 Å². The maximum atomic E-state index is 13.6. The molecule has 8 nitrogen and oxygen atoms in total. The standard InChI is InChI=1S/C26H29N5O3/c1-26(9-10-26)31-22(4-3-11-30-12-14-34-15-13-30)23(21-16-27-18-28-24(21)31)25(32)29-20-7-5-19(6-8-20)17-33-2/h5-8,16,18H,9-15,17H2,1-2H3,(H,29,32). The van der Waals surface area contributed by atoms with Crippen molar-refractivity contribution in [1.29, 1.82) is 0 Å². The Kier molecular flexibility index (Phi) is 6.33. The molecule has 1 N–H and O–H groups in total. The molecule has 34 heavy (non-hydrogen) atoms. The number of amides is 1. The Morgan fingerprint density at radius 2 is 2.00 bits per heavy atom. The first kappa shape index (κ1) is 22.5. The van der Waals surface area contributed by atoms with Gasteiger partial charge in [0.15, 0.2) is 0 Å². The molecule has 1 saturated carbocycles. The first-order valence-corrected chi connectivity index (χ1v) is 11.6. The average molecular weight is 460 g/mol. The lowest BCUT2D eigenvalue weighted by molar-refractivity contribution is 0.0443. The summed E-state index contributed by atoms with van der Waals surface area (Å²) < 4.78 is 12.8. The lowest BCUT2D eigenvalue weighted by Gasteiger charge is -2.24. The number of fused-ring (bicyclic) bond motifs is 1. The normalized spacial score (nSPS) is 17.2. The third kappa shape index (κ3) is 4.55. The highest BCUT2D eigenvalue weighted by molar-refractivity contribution is 6.14. The molecule has 2 aromatic heterocycles. The molecule has 1 aliphatic carbocycles. The van der Waals surface area contributed by atoms with E-state index in [1.54, 1.807) is 13.3 Å². The van der Waals surface area contributed by atoms with E-state index in [-0.39, 0.29) is 11.4 Å². The summed E-state index contributed by atoms with van der Waals surface area (Å²) in [5.41, 5.74) is 3.66. The summed E-state index contributed by atoms with van der Waals surface area (Å²) >= 11 is 0. The van der Waals surface area contributed by atoms with Crippen molar-refractivity contribution >= 4 is 22.6 Å². The smallest absolute Gasteiger partial charge is 0.259 e. The number of benzene rings is 1. The van der Waals surface area contributed by atoms with Gasteiger partial charge in [-0.25, -0.2) is 9.97 Å².